The Morgan fingerprint density at radius 3 is 2.29 bits per heavy atom. The molecule has 2 aromatic rings. The van der Waals surface area contributed by atoms with Crippen LogP contribution in [0.25, 0.3) is 0 Å². The topological polar surface area (TPSA) is 66.5 Å². The first-order chi connectivity index (χ1) is 13.2. The van der Waals surface area contributed by atoms with E-state index in [1.807, 2.05) is 20.8 Å². The number of aryl methyl sites for hydroxylation is 1. The number of amides is 1. The van der Waals surface area contributed by atoms with Gasteiger partial charge < -0.3 is 5.32 Å². The molecule has 5 nitrogen and oxygen atoms in total. The van der Waals surface area contributed by atoms with E-state index < -0.39 is 15.8 Å². The van der Waals surface area contributed by atoms with Crippen molar-refractivity contribution >= 4 is 15.9 Å². The average molecular weight is 407 g/mol. The first-order valence-corrected chi connectivity index (χ1v) is 10.8. The summed E-state index contributed by atoms with van der Waals surface area (Å²) in [5.41, 5.74) is 1.54. The molecule has 0 aromatic heterocycles. The summed E-state index contributed by atoms with van der Waals surface area (Å²) in [4.78, 5) is 12.6. The molecule has 0 aliphatic heterocycles. The molecule has 0 saturated heterocycles. The van der Waals surface area contributed by atoms with Gasteiger partial charge in [-0.2, -0.15) is 4.31 Å². The normalized spacial score (nSPS) is 12.8. The zero-order valence-electron chi connectivity index (χ0n) is 16.5. The maximum absolute atomic E-state index is 13.2. The van der Waals surface area contributed by atoms with Gasteiger partial charge in [-0.25, -0.2) is 12.8 Å². The number of rotatable bonds is 9. The van der Waals surface area contributed by atoms with Crippen LogP contribution < -0.4 is 5.32 Å². The number of hydrogen-bond donors (Lipinski definition) is 1. The molecular formula is C21H27FN2O3S. The van der Waals surface area contributed by atoms with Crippen LogP contribution in [-0.2, 0) is 21.4 Å². The van der Waals surface area contributed by atoms with Gasteiger partial charge in [0.2, 0.25) is 15.9 Å². The van der Waals surface area contributed by atoms with Crippen LogP contribution in [0, 0.1) is 12.7 Å². The Balaban J connectivity index is 2.27. The fourth-order valence-corrected chi connectivity index (χ4v) is 4.25. The van der Waals surface area contributed by atoms with Crippen LogP contribution >= 0.6 is 0 Å². The van der Waals surface area contributed by atoms with Crippen molar-refractivity contribution in [2.45, 2.75) is 51.1 Å². The van der Waals surface area contributed by atoms with E-state index >= 15 is 0 Å². The number of hydrogen-bond acceptors (Lipinski definition) is 3. The maximum atomic E-state index is 13.2. The molecule has 2 aromatic carbocycles. The lowest BCUT2D eigenvalue weighted by Crippen LogP contribution is -2.43. The van der Waals surface area contributed by atoms with Crippen LogP contribution in [0.15, 0.2) is 53.4 Å². The summed E-state index contributed by atoms with van der Waals surface area (Å²) in [5.74, 6) is -0.762. The molecule has 2 rings (SSSR count). The highest BCUT2D eigenvalue weighted by Crippen LogP contribution is 2.19. The summed E-state index contributed by atoms with van der Waals surface area (Å²) in [6.07, 6.45) is 1.73. The number of carbonyl (C=O) groups is 1. The first-order valence-electron chi connectivity index (χ1n) is 9.33. The molecule has 28 heavy (non-hydrogen) atoms. The van der Waals surface area contributed by atoms with Crippen molar-refractivity contribution in [3.63, 3.8) is 0 Å². The number of sulfonamides is 1. The van der Waals surface area contributed by atoms with Crippen molar-refractivity contribution < 1.29 is 17.6 Å². The summed E-state index contributed by atoms with van der Waals surface area (Å²) < 4.78 is 40.6. The Kier molecular flexibility index (Phi) is 7.71. The highest BCUT2D eigenvalue weighted by atomic mass is 32.2. The van der Waals surface area contributed by atoms with Crippen molar-refractivity contribution in [3.8, 4) is 0 Å². The van der Waals surface area contributed by atoms with Gasteiger partial charge in [0.05, 0.1) is 11.4 Å². The molecule has 0 bridgehead atoms. The minimum Gasteiger partial charge on any atom is -0.353 e. The quantitative estimate of drug-likeness (QED) is 0.692. The molecule has 1 amide bonds. The van der Waals surface area contributed by atoms with Crippen LogP contribution in [-0.4, -0.2) is 31.2 Å². The lowest BCUT2D eigenvalue weighted by Gasteiger charge is -2.23. The molecule has 1 N–H and O–H groups in total. The van der Waals surface area contributed by atoms with E-state index in [9.17, 15) is 17.6 Å². The second-order valence-electron chi connectivity index (χ2n) is 6.97. The molecule has 1 atom stereocenters. The number of carbonyl (C=O) groups excluding carboxylic acids is 1. The van der Waals surface area contributed by atoms with E-state index in [0.29, 0.717) is 5.56 Å². The third kappa shape index (κ3) is 6.14. The van der Waals surface area contributed by atoms with Gasteiger partial charge >= 0.3 is 0 Å². The summed E-state index contributed by atoms with van der Waals surface area (Å²) in [5, 5.41) is 2.83. The standard InChI is InChI=1S/C21H27FN2O3S/c1-4-5-17(3)23-21(25)15-24(14-18-8-10-19(22)11-9-18)28(26,27)20-12-6-16(2)7-13-20/h6-13,17H,4-5,14-15H2,1-3H3,(H,23,25)/t17-/m0/s1. The van der Waals surface area contributed by atoms with Crippen LogP contribution in [0.4, 0.5) is 4.39 Å². The lowest BCUT2D eigenvalue weighted by molar-refractivity contribution is -0.122. The molecule has 0 saturated carbocycles. The Morgan fingerprint density at radius 1 is 1.11 bits per heavy atom. The molecule has 0 unspecified atom stereocenters. The zero-order valence-corrected chi connectivity index (χ0v) is 17.3. The van der Waals surface area contributed by atoms with E-state index in [2.05, 4.69) is 5.32 Å². The molecule has 0 radical (unpaired) electrons. The van der Waals surface area contributed by atoms with Gasteiger partial charge in [-0.3, -0.25) is 4.79 Å². The second kappa shape index (κ2) is 9.80. The van der Waals surface area contributed by atoms with Crippen LogP contribution in [0.1, 0.15) is 37.8 Å². The summed E-state index contributed by atoms with van der Waals surface area (Å²) in [6, 6.07) is 12.0. The molecule has 0 fully saturated rings. The van der Waals surface area contributed by atoms with Gasteiger partial charge in [-0.05, 0) is 50.1 Å². The fraction of sp³-hybridized carbons (Fsp3) is 0.381. The summed E-state index contributed by atoms with van der Waals surface area (Å²) in [6.45, 7) is 5.45. The largest absolute Gasteiger partial charge is 0.353 e. The van der Waals surface area contributed by atoms with E-state index in [0.717, 1.165) is 22.7 Å². The highest BCUT2D eigenvalue weighted by molar-refractivity contribution is 7.89. The lowest BCUT2D eigenvalue weighted by atomic mass is 10.2. The zero-order chi connectivity index (χ0) is 20.7. The Labute approximate surface area is 166 Å². The third-order valence-electron chi connectivity index (χ3n) is 4.38. The van der Waals surface area contributed by atoms with Gasteiger partial charge in [-0.1, -0.05) is 43.2 Å². The van der Waals surface area contributed by atoms with Gasteiger partial charge in [-0.15, -0.1) is 0 Å². The van der Waals surface area contributed by atoms with E-state index in [4.69, 9.17) is 0 Å². The number of halogens is 1. The van der Waals surface area contributed by atoms with Gasteiger partial charge in [0.15, 0.2) is 0 Å². The third-order valence-corrected chi connectivity index (χ3v) is 6.19. The Bertz CT molecular complexity index is 881. The SMILES string of the molecule is CCC[C@H](C)NC(=O)CN(Cc1ccc(F)cc1)S(=O)(=O)c1ccc(C)cc1. The fourth-order valence-electron chi connectivity index (χ4n) is 2.86. The molecule has 0 aliphatic rings. The first kappa shape index (κ1) is 22.0. The maximum Gasteiger partial charge on any atom is 0.243 e. The molecule has 0 heterocycles. The Hall–Kier alpha value is -2.25. The second-order valence-corrected chi connectivity index (χ2v) is 8.91. The predicted molar refractivity (Wildman–Crippen MR) is 108 cm³/mol. The van der Waals surface area contributed by atoms with E-state index in [1.165, 1.54) is 36.4 Å². The van der Waals surface area contributed by atoms with Crippen molar-refractivity contribution in [2.75, 3.05) is 6.54 Å². The monoisotopic (exact) mass is 406 g/mol. The minimum atomic E-state index is -3.89. The van der Waals surface area contributed by atoms with Crippen molar-refractivity contribution in [1.82, 2.24) is 9.62 Å². The molecular weight excluding hydrogens is 379 g/mol. The van der Waals surface area contributed by atoms with Crippen molar-refractivity contribution in [1.29, 1.82) is 0 Å². The van der Waals surface area contributed by atoms with Gasteiger partial charge in [0.1, 0.15) is 5.82 Å². The predicted octanol–water partition coefficient (Wildman–Crippen LogP) is 3.63. The van der Waals surface area contributed by atoms with Crippen LogP contribution in [0.5, 0.6) is 0 Å². The van der Waals surface area contributed by atoms with Gasteiger partial charge in [0, 0.05) is 12.6 Å². The number of benzene rings is 2. The molecule has 0 aliphatic carbocycles. The van der Waals surface area contributed by atoms with Crippen LogP contribution in [0.3, 0.4) is 0 Å². The average Bonchev–Trinajstić information content (AvgIpc) is 2.63. The van der Waals surface area contributed by atoms with Gasteiger partial charge in [0.25, 0.3) is 0 Å². The summed E-state index contributed by atoms with van der Waals surface area (Å²) >= 11 is 0. The van der Waals surface area contributed by atoms with E-state index in [-0.39, 0.29) is 29.9 Å². The molecule has 152 valence electrons. The minimum absolute atomic E-state index is 0.0218. The van der Waals surface area contributed by atoms with Crippen molar-refractivity contribution in [3.05, 3.63) is 65.5 Å². The molecule has 7 heteroatoms. The van der Waals surface area contributed by atoms with Crippen LogP contribution in [0.2, 0.25) is 0 Å². The smallest absolute Gasteiger partial charge is 0.243 e. The summed E-state index contributed by atoms with van der Waals surface area (Å²) in [7, 11) is -3.89. The number of nitrogens with one attached hydrogen (secondary N) is 1. The van der Waals surface area contributed by atoms with E-state index in [1.54, 1.807) is 12.1 Å². The molecule has 0 spiro atoms. The highest BCUT2D eigenvalue weighted by Gasteiger charge is 2.27. The Morgan fingerprint density at radius 2 is 1.71 bits per heavy atom. The van der Waals surface area contributed by atoms with Crippen molar-refractivity contribution in [2.24, 2.45) is 0 Å². The number of nitrogens with zero attached hydrogens (tertiary/aromatic N) is 1.